The molecule has 0 aliphatic carbocycles. The SMILES string of the molecule is CC(CCCCCC(O)CN=[N+]=[N-])(C(=O)O)c1cccc(I)c1. The molecule has 0 amide bonds. The Bertz CT molecular complexity index is 575. The monoisotopic (exact) mass is 431 g/mol. The number of unbranched alkanes of at least 4 members (excludes halogenated alkanes) is 2. The summed E-state index contributed by atoms with van der Waals surface area (Å²) in [4.78, 5) is 14.3. The summed E-state index contributed by atoms with van der Waals surface area (Å²) in [6, 6.07) is 7.60. The third kappa shape index (κ3) is 6.37. The van der Waals surface area contributed by atoms with Crippen LogP contribution in [0.1, 0.15) is 44.6 Å². The van der Waals surface area contributed by atoms with Gasteiger partial charge in [0.25, 0.3) is 0 Å². The smallest absolute Gasteiger partial charge is 0.313 e. The van der Waals surface area contributed by atoms with Gasteiger partial charge < -0.3 is 10.2 Å². The van der Waals surface area contributed by atoms with Crippen molar-refractivity contribution >= 4 is 28.6 Å². The van der Waals surface area contributed by atoms with Crippen LogP contribution in [0, 0.1) is 3.57 Å². The van der Waals surface area contributed by atoms with Crippen molar-refractivity contribution in [2.45, 2.75) is 50.5 Å². The Kier molecular flexibility index (Phi) is 8.36. The largest absolute Gasteiger partial charge is 0.481 e. The Morgan fingerprint density at radius 3 is 2.78 bits per heavy atom. The standard InChI is InChI=1S/C16H22IN3O3/c1-16(15(22)23,12-6-5-7-13(17)10-12)9-4-2-3-8-14(21)11-19-20-18/h5-7,10,14,21H,2-4,8-9,11H2,1H3,(H,22,23). The third-order valence-corrected chi connectivity index (χ3v) is 4.67. The highest BCUT2D eigenvalue weighted by Crippen LogP contribution is 2.31. The number of hydrogen-bond donors (Lipinski definition) is 2. The van der Waals surface area contributed by atoms with E-state index < -0.39 is 17.5 Å². The number of aliphatic hydroxyl groups is 1. The molecule has 0 aromatic heterocycles. The quantitative estimate of drug-likeness (QED) is 0.190. The Hall–Kier alpha value is -1.31. The molecule has 0 aliphatic heterocycles. The van der Waals surface area contributed by atoms with E-state index in [1.54, 1.807) is 6.92 Å². The van der Waals surface area contributed by atoms with Crippen LogP contribution < -0.4 is 0 Å². The number of hydrogen-bond acceptors (Lipinski definition) is 3. The van der Waals surface area contributed by atoms with Gasteiger partial charge in [-0.3, -0.25) is 4.79 Å². The van der Waals surface area contributed by atoms with Crippen LogP contribution in [0.2, 0.25) is 0 Å². The summed E-state index contributed by atoms with van der Waals surface area (Å²) in [5.41, 5.74) is 8.11. The molecule has 7 heteroatoms. The van der Waals surface area contributed by atoms with Crippen molar-refractivity contribution in [3.8, 4) is 0 Å². The number of carboxylic acids is 1. The van der Waals surface area contributed by atoms with E-state index in [2.05, 4.69) is 32.6 Å². The van der Waals surface area contributed by atoms with Crippen molar-refractivity contribution in [2.75, 3.05) is 6.54 Å². The van der Waals surface area contributed by atoms with Gasteiger partial charge in [0, 0.05) is 8.48 Å². The van der Waals surface area contributed by atoms with E-state index in [-0.39, 0.29) is 6.54 Å². The average Bonchev–Trinajstić information content (AvgIpc) is 2.52. The molecule has 0 saturated heterocycles. The van der Waals surface area contributed by atoms with E-state index in [4.69, 9.17) is 5.53 Å². The van der Waals surface area contributed by atoms with Crippen LogP contribution in [0.25, 0.3) is 10.4 Å². The first-order valence-corrected chi connectivity index (χ1v) is 8.66. The maximum absolute atomic E-state index is 11.7. The topological polar surface area (TPSA) is 106 Å². The average molecular weight is 431 g/mol. The molecule has 1 aromatic rings. The van der Waals surface area contributed by atoms with E-state index in [1.807, 2.05) is 24.3 Å². The minimum atomic E-state index is -0.898. The normalized spacial score (nSPS) is 14.6. The molecule has 2 atom stereocenters. The van der Waals surface area contributed by atoms with Gasteiger partial charge in [-0.25, -0.2) is 0 Å². The Balaban J connectivity index is 2.51. The number of halogens is 1. The molecular weight excluding hydrogens is 409 g/mol. The van der Waals surface area contributed by atoms with Gasteiger partial charge in [0.05, 0.1) is 18.1 Å². The number of rotatable bonds is 10. The van der Waals surface area contributed by atoms with Gasteiger partial charge in [-0.15, -0.1) is 0 Å². The van der Waals surface area contributed by atoms with E-state index in [1.165, 1.54) is 0 Å². The van der Waals surface area contributed by atoms with E-state index >= 15 is 0 Å². The van der Waals surface area contributed by atoms with Crippen molar-refractivity contribution in [1.82, 2.24) is 0 Å². The molecule has 0 aliphatic rings. The van der Waals surface area contributed by atoms with E-state index in [0.717, 1.165) is 28.4 Å². The highest BCUT2D eigenvalue weighted by atomic mass is 127. The Morgan fingerprint density at radius 2 is 2.17 bits per heavy atom. The zero-order valence-electron chi connectivity index (χ0n) is 13.2. The molecule has 23 heavy (non-hydrogen) atoms. The lowest BCUT2D eigenvalue weighted by Crippen LogP contribution is -2.32. The minimum Gasteiger partial charge on any atom is -0.481 e. The van der Waals surface area contributed by atoms with Gasteiger partial charge in [0.2, 0.25) is 0 Å². The van der Waals surface area contributed by atoms with Crippen LogP contribution in [-0.2, 0) is 10.2 Å². The molecule has 0 radical (unpaired) electrons. The van der Waals surface area contributed by atoms with Crippen LogP contribution in [0.3, 0.4) is 0 Å². The summed E-state index contributed by atoms with van der Waals surface area (Å²) in [6.45, 7) is 1.85. The molecule has 1 aromatic carbocycles. The molecular formula is C16H22IN3O3. The predicted molar refractivity (Wildman–Crippen MR) is 97.3 cm³/mol. The van der Waals surface area contributed by atoms with Crippen LogP contribution in [0.4, 0.5) is 0 Å². The molecule has 0 heterocycles. The Labute approximate surface area is 149 Å². The first kappa shape index (κ1) is 19.7. The first-order chi connectivity index (χ1) is 10.9. The van der Waals surface area contributed by atoms with Crippen molar-refractivity contribution in [3.63, 3.8) is 0 Å². The Morgan fingerprint density at radius 1 is 1.43 bits per heavy atom. The lowest BCUT2D eigenvalue weighted by molar-refractivity contribution is -0.143. The third-order valence-electron chi connectivity index (χ3n) is 4.00. The lowest BCUT2D eigenvalue weighted by atomic mass is 9.78. The maximum Gasteiger partial charge on any atom is 0.313 e. The van der Waals surface area contributed by atoms with Crippen molar-refractivity contribution in [3.05, 3.63) is 43.8 Å². The molecule has 126 valence electrons. The zero-order chi connectivity index (χ0) is 17.3. The summed E-state index contributed by atoms with van der Waals surface area (Å²) in [5, 5.41) is 22.5. The fourth-order valence-corrected chi connectivity index (χ4v) is 3.01. The molecule has 2 N–H and O–H groups in total. The van der Waals surface area contributed by atoms with Gasteiger partial charge in [-0.1, -0.05) is 36.5 Å². The number of aliphatic carboxylic acids is 1. The highest BCUT2D eigenvalue weighted by Gasteiger charge is 2.34. The molecule has 0 saturated carbocycles. The molecule has 0 spiro atoms. The van der Waals surface area contributed by atoms with Gasteiger partial charge in [0.15, 0.2) is 0 Å². The number of benzene rings is 1. The number of nitrogens with zero attached hydrogens (tertiary/aromatic N) is 3. The number of aliphatic hydroxyl groups excluding tert-OH is 1. The van der Waals surface area contributed by atoms with Gasteiger partial charge in [-0.2, -0.15) is 0 Å². The highest BCUT2D eigenvalue weighted by molar-refractivity contribution is 14.1. The molecule has 0 bridgehead atoms. The van der Waals surface area contributed by atoms with Crippen LogP contribution in [0.5, 0.6) is 0 Å². The van der Waals surface area contributed by atoms with Gasteiger partial charge in [-0.05, 0) is 65.6 Å². The van der Waals surface area contributed by atoms with E-state index in [0.29, 0.717) is 12.8 Å². The van der Waals surface area contributed by atoms with Crippen molar-refractivity contribution < 1.29 is 15.0 Å². The van der Waals surface area contributed by atoms with Crippen LogP contribution in [0.15, 0.2) is 29.4 Å². The number of azide groups is 1. The zero-order valence-corrected chi connectivity index (χ0v) is 15.3. The number of carbonyl (C=O) groups is 1. The fourth-order valence-electron chi connectivity index (χ4n) is 2.46. The minimum absolute atomic E-state index is 0.0891. The van der Waals surface area contributed by atoms with Crippen LogP contribution in [-0.4, -0.2) is 28.8 Å². The van der Waals surface area contributed by atoms with Crippen LogP contribution >= 0.6 is 22.6 Å². The summed E-state index contributed by atoms with van der Waals surface area (Å²) in [6.07, 6.45) is 2.88. The predicted octanol–water partition coefficient (Wildman–Crippen LogP) is 4.26. The molecule has 6 nitrogen and oxygen atoms in total. The lowest BCUT2D eigenvalue weighted by Gasteiger charge is -2.25. The van der Waals surface area contributed by atoms with Crippen molar-refractivity contribution in [1.29, 1.82) is 0 Å². The van der Waals surface area contributed by atoms with Gasteiger partial charge >= 0.3 is 5.97 Å². The maximum atomic E-state index is 11.7. The summed E-state index contributed by atoms with van der Waals surface area (Å²) >= 11 is 2.18. The fraction of sp³-hybridized carbons (Fsp3) is 0.562. The molecule has 1 rings (SSSR count). The number of carboxylic acid groups (broad SMARTS) is 1. The summed E-state index contributed by atoms with van der Waals surface area (Å²) < 4.78 is 1.02. The van der Waals surface area contributed by atoms with Gasteiger partial charge in [0.1, 0.15) is 0 Å². The summed E-state index contributed by atoms with van der Waals surface area (Å²) in [5.74, 6) is -0.817. The van der Waals surface area contributed by atoms with Crippen molar-refractivity contribution in [2.24, 2.45) is 5.11 Å². The second-order valence-electron chi connectivity index (χ2n) is 5.81. The summed E-state index contributed by atoms with van der Waals surface area (Å²) in [7, 11) is 0. The molecule has 2 unspecified atom stereocenters. The first-order valence-electron chi connectivity index (χ1n) is 7.58. The molecule has 0 fully saturated rings. The second kappa shape index (κ2) is 9.75. The second-order valence-corrected chi connectivity index (χ2v) is 7.06. The van der Waals surface area contributed by atoms with E-state index in [9.17, 15) is 15.0 Å².